The first-order valence-electron chi connectivity index (χ1n) is 9.98. The Hall–Kier alpha value is -3.46. The number of aromatic nitrogens is 4. The average molecular weight is 436 g/mol. The van der Waals surface area contributed by atoms with Gasteiger partial charge in [-0.25, -0.2) is 4.98 Å². The second-order valence-electron chi connectivity index (χ2n) is 7.25. The van der Waals surface area contributed by atoms with Crippen molar-refractivity contribution in [2.45, 2.75) is 18.9 Å². The van der Waals surface area contributed by atoms with Gasteiger partial charge < -0.3 is 14.4 Å². The first-order valence-corrected chi connectivity index (χ1v) is 10.9. The number of likely N-dealkylation sites (tertiary alicyclic amines) is 1. The predicted molar refractivity (Wildman–Crippen MR) is 117 cm³/mol. The molecule has 1 aliphatic heterocycles. The van der Waals surface area contributed by atoms with Crippen LogP contribution in [-0.2, 0) is 0 Å². The Morgan fingerprint density at radius 2 is 2.00 bits per heavy atom. The largest absolute Gasteiger partial charge is 0.493 e. The molecule has 0 saturated carbocycles. The highest BCUT2D eigenvalue weighted by atomic mass is 32.1. The zero-order chi connectivity index (χ0) is 21.4. The van der Waals surface area contributed by atoms with E-state index in [1.54, 1.807) is 14.2 Å². The second kappa shape index (κ2) is 7.99. The van der Waals surface area contributed by atoms with Gasteiger partial charge in [-0.1, -0.05) is 6.07 Å². The van der Waals surface area contributed by atoms with Crippen molar-refractivity contribution in [3.8, 4) is 22.1 Å². The zero-order valence-corrected chi connectivity index (χ0v) is 18.0. The summed E-state index contributed by atoms with van der Waals surface area (Å²) >= 11 is 1.44. The molecule has 8 nitrogen and oxygen atoms in total. The summed E-state index contributed by atoms with van der Waals surface area (Å²) in [5.74, 6) is 1.98. The van der Waals surface area contributed by atoms with E-state index in [1.165, 1.54) is 11.3 Å². The van der Waals surface area contributed by atoms with Crippen LogP contribution in [0.2, 0.25) is 0 Å². The van der Waals surface area contributed by atoms with E-state index >= 15 is 0 Å². The van der Waals surface area contributed by atoms with Gasteiger partial charge in [0.15, 0.2) is 23.0 Å². The smallest absolute Gasteiger partial charge is 0.273 e. The van der Waals surface area contributed by atoms with Crippen LogP contribution < -0.4 is 9.47 Å². The molecule has 5 rings (SSSR count). The fourth-order valence-electron chi connectivity index (χ4n) is 3.99. The molecule has 4 heterocycles. The number of thiazole rings is 1. The van der Waals surface area contributed by atoms with Gasteiger partial charge >= 0.3 is 0 Å². The molecule has 4 aromatic rings. The van der Waals surface area contributed by atoms with Crippen molar-refractivity contribution in [1.29, 1.82) is 0 Å². The molecule has 0 aliphatic carbocycles. The Bertz CT molecular complexity index is 1250. The number of rotatable bonds is 5. The van der Waals surface area contributed by atoms with Crippen LogP contribution >= 0.6 is 11.3 Å². The predicted octanol–water partition coefficient (Wildman–Crippen LogP) is 3.85. The average Bonchev–Trinajstić information content (AvgIpc) is 3.57. The molecule has 1 saturated heterocycles. The van der Waals surface area contributed by atoms with Gasteiger partial charge in [0.05, 0.1) is 20.3 Å². The Morgan fingerprint density at radius 1 is 1.13 bits per heavy atom. The molecule has 0 bridgehead atoms. The third-order valence-corrected chi connectivity index (χ3v) is 6.40. The van der Waals surface area contributed by atoms with Gasteiger partial charge in [-0.2, -0.15) is 0 Å². The number of carbonyl (C=O) groups is 1. The third kappa shape index (κ3) is 3.40. The van der Waals surface area contributed by atoms with E-state index < -0.39 is 0 Å². The topological polar surface area (TPSA) is 81.9 Å². The van der Waals surface area contributed by atoms with Crippen molar-refractivity contribution >= 4 is 22.9 Å². The van der Waals surface area contributed by atoms with Gasteiger partial charge in [-0.15, -0.1) is 21.5 Å². The molecule has 0 radical (unpaired) electrons. The van der Waals surface area contributed by atoms with Crippen molar-refractivity contribution < 1.29 is 14.3 Å². The first-order chi connectivity index (χ1) is 15.2. The number of hydrogen-bond acceptors (Lipinski definition) is 7. The quantitative estimate of drug-likeness (QED) is 0.474. The lowest BCUT2D eigenvalue weighted by molar-refractivity contribution is 0.0724. The standard InChI is InChI=1S/C22H21N5O3S/c1-29-17-9-8-14(12-18(17)30-2)21-23-15(13-31-21)22(28)26-11-5-6-16(26)20-25-24-19-7-3-4-10-27(19)20/h3-4,7-10,12-13,16H,5-6,11H2,1-2H3/t16-/m1/s1. The summed E-state index contributed by atoms with van der Waals surface area (Å²) in [6.07, 6.45) is 3.71. The van der Waals surface area contributed by atoms with Gasteiger partial charge in [0, 0.05) is 23.7 Å². The summed E-state index contributed by atoms with van der Waals surface area (Å²) in [6, 6.07) is 11.3. The van der Waals surface area contributed by atoms with Gasteiger partial charge in [-0.3, -0.25) is 9.20 Å². The molecule has 0 N–H and O–H groups in total. The Morgan fingerprint density at radius 3 is 2.84 bits per heavy atom. The highest BCUT2D eigenvalue weighted by Gasteiger charge is 2.34. The first kappa shape index (κ1) is 19.5. The number of benzene rings is 1. The summed E-state index contributed by atoms with van der Waals surface area (Å²) in [7, 11) is 3.20. The molecule has 1 aromatic carbocycles. The lowest BCUT2D eigenvalue weighted by Gasteiger charge is -2.22. The number of carbonyl (C=O) groups excluding carboxylic acids is 1. The fraction of sp³-hybridized carbons (Fsp3) is 0.273. The van der Waals surface area contributed by atoms with E-state index in [2.05, 4.69) is 15.2 Å². The van der Waals surface area contributed by atoms with E-state index in [0.717, 1.165) is 34.9 Å². The Labute approximate surface area is 183 Å². The lowest BCUT2D eigenvalue weighted by atomic mass is 10.2. The number of ether oxygens (including phenoxy) is 2. The summed E-state index contributed by atoms with van der Waals surface area (Å²) in [4.78, 5) is 19.8. The summed E-state index contributed by atoms with van der Waals surface area (Å²) < 4.78 is 12.6. The number of hydrogen-bond donors (Lipinski definition) is 0. The summed E-state index contributed by atoms with van der Waals surface area (Å²) in [5, 5.41) is 11.2. The van der Waals surface area contributed by atoms with Gasteiger partial charge in [0.1, 0.15) is 10.7 Å². The SMILES string of the molecule is COc1ccc(-c2nc(C(=O)N3CCC[C@@H]3c3nnc4ccccn34)cs2)cc1OC. The fourth-order valence-corrected chi connectivity index (χ4v) is 4.78. The van der Waals surface area contributed by atoms with Gasteiger partial charge in [0.2, 0.25) is 0 Å². The molecule has 158 valence electrons. The maximum absolute atomic E-state index is 13.3. The molecule has 1 fully saturated rings. The minimum absolute atomic E-state index is 0.0850. The number of methoxy groups -OCH3 is 2. The molecule has 9 heteroatoms. The lowest BCUT2D eigenvalue weighted by Crippen LogP contribution is -2.31. The highest BCUT2D eigenvalue weighted by Crippen LogP contribution is 2.35. The summed E-state index contributed by atoms with van der Waals surface area (Å²) in [6.45, 7) is 0.675. The van der Waals surface area contributed by atoms with E-state index in [-0.39, 0.29) is 11.9 Å². The monoisotopic (exact) mass is 435 g/mol. The van der Waals surface area contributed by atoms with Crippen LogP contribution in [0.25, 0.3) is 16.2 Å². The van der Waals surface area contributed by atoms with Crippen LogP contribution in [0, 0.1) is 0 Å². The second-order valence-corrected chi connectivity index (χ2v) is 8.11. The normalized spacial score (nSPS) is 16.1. The van der Waals surface area contributed by atoms with E-state index in [9.17, 15) is 4.79 Å². The van der Waals surface area contributed by atoms with Crippen molar-refractivity contribution in [2.75, 3.05) is 20.8 Å². The maximum Gasteiger partial charge on any atom is 0.273 e. The summed E-state index contributed by atoms with van der Waals surface area (Å²) in [5.41, 5.74) is 2.10. The van der Waals surface area contributed by atoms with Crippen LogP contribution in [-0.4, -0.2) is 51.2 Å². The van der Waals surface area contributed by atoms with Gasteiger partial charge in [0.25, 0.3) is 5.91 Å². The van der Waals surface area contributed by atoms with Crippen LogP contribution in [0.3, 0.4) is 0 Å². The van der Waals surface area contributed by atoms with Crippen molar-refractivity contribution in [1.82, 2.24) is 24.5 Å². The highest BCUT2D eigenvalue weighted by molar-refractivity contribution is 7.13. The molecule has 1 atom stereocenters. The minimum atomic E-state index is -0.115. The van der Waals surface area contributed by atoms with Crippen LogP contribution in [0.4, 0.5) is 0 Å². The van der Waals surface area contributed by atoms with Gasteiger partial charge in [-0.05, 0) is 43.2 Å². The molecule has 3 aromatic heterocycles. The van der Waals surface area contributed by atoms with Crippen LogP contribution in [0.1, 0.15) is 35.2 Å². The molecule has 1 amide bonds. The molecule has 0 unspecified atom stereocenters. The van der Waals surface area contributed by atoms with E-state index in [0.29, 0.717) is 23.7 Å². The van der Waals surface area contributed by atoms with E-state index in [4.69, 9.17) is 9.47 Å². The van der Waals surface area contributed by atoms with Crippen LogP contribution in [0.5, 0.6) is 11.5 Å². The van der Waals surface area contributed by atoms with Crippen molar-refractivity contribution in [3.63, 3.8) is 0 Å². The van der Waals surface area contributed by atoms with Crippen LogP contribution in [0.15, 0.2) is 48.0 Å². The number of nitrogens with zero attached hydrogens (tertiary/aromatic N) is 5. The molecular formula is C22H21N5O3S. The number of pyridine rings is 1. The molecule has 1 aliphatic rings. The van der Waals surface area contributed by atoms with E-state index in [1.807, 2.05) is 57.3 Å². The Kier molecular flexibility index (Phi) is 5.03. The Balaban J connectivity index is 1.42. The molecule has 0 spiro atoms. The third-order valence-electron chi connectivity index (χ3n) is 5.51. The number of amides is 1. The number of fused-ring (bicyclic) bond motifs is 1. The van der Waals surface area contributed by atoms with Crippen molar-refractivity contribution in [2.24, 2.45) is 0 Å². The zero-order valence-electron chi connectivity index (χ0n) is 17.2. The molecule has 31 heavy (non-hydrogen) atoms. The minimum Gasteiger partial charge on any atom is -0.493 e. The molecular weight excluding hydrogens is 414 g/mol. The maximum atomic E-state index is 13.3. The van der Waals surface area contributed by atoms with Crippen molar-refractivity contribution in [3.05, 3.63) is 59.5 Å².